The fourth-order valence-electron chi connectivity index (χ4n) is 2.99. The highest BCUT2D eigenvalue weighted by Gasteiger charge is 2.36. The largest absolute Gasteiger partial charge is 0.433 e. The molecule has 152 valence electrons. The Morgan fingerprint density at radius 2 is 1.77 bits per heavy atom. The van der Waals surface area contributed by atoms with Gasteiger partial charge in [-0.25, -0.2) is 9.50 Å². The van der Waals surface area contributed by atoms with Gasteiger partial charge >= 0.3 is 6.18 Å². The van der Waals surface area contributed by atoms with Gasteiger partial charge in [-0.15, -0.1) is 0 Å². The molecule has 0 fully saturated rings. The van der Waals surface area contributed by atoms with E-state index in [2.05, 4.69) is 15.4 Å². The van der Waals surface area contributed by atoms with E-state index in [4.69, 9.17) is 11.6 Å². The summed E-state index contributed by atoms with van der Waals surface area (Å²) in [5.74, 6) is -0.601. The van der Waals surface area contributed by atoms with Crippen molar-refractivity contribution in [2.45, 2.75) is 12.7 Å². The predicted molar refractivity (Wildman–Crippen MR) is 106 cm³/mol. The maximum atomic E-state index is 13.6. The van der Waals surface area contributed by atoms with Crippen molar-refractivity contribution in [1.29, 1.82) is 0 Å². The Bertz CT molecular complexity index is 1220. The monoisotopic (exact) mass is 430 g/mol. The van der Waals surface area contributed by atoms with Crippen molar-refractivity contribution in [3.05, 3.63) is 88.7 Å². The summed E-state index contributed by atoms with van der Waals surface area (Å²) < 4.78 is 41.5. The van der Waals surface area contributed by atoms with Crippen LogP contribution < -0.4 is 5.32 Å². The van der Waals surface area contributed by atoms with Gasteiger partial charge in [0.05, 0.1) is 11.9 Å². The van der Waals surface area contributed by atoms with Crippen LogP contribution in [0.25, 0.3) is 16.9 Å². The number of halogens is 4. The molecular formula is C21H14ClF3N4O. The highest BCUT2D eigenvalue weighted by Crippen LogP contribution is 2.32. The van der Waals surface area contributed by atoms with Gasteiger partial charge in [0.15, 0.2) is 11.3 Å². The third-order valence-corrected chi connectivity index (χ3v) is 4.84. The zero-order valence-electron chi connectivity index (χ0n) is 15.3. The molecule has 1 N–H and O–H groups in total. The summed E-state index contributed by atoms with van der Waals surface area (Å²) in [5.41, 5.74) is 0.00490. The first-order chi connectivity index (χ1) is 14.3. The first kappa shape index (κ1) is 19.9. The molecule has 0 unspecified atom stereocenters. The van der Waals surface area contributed by atoms with Crippen molar-refractivity contribution >= 4 is 23.2 Å². The topological polar surface area (TPSA) is 59.3 Å². The van der Waals surface area contributed by atoms with Crippen LogP contribution in [-0.4, -0.2) is 20.5 Å². The van der Waals surface area contributed by atoms with E-state index in [1.807, 2.05) is 0 Å². The molecule has 4 aromatic rings. The lowest BCUT2D eigenvalue weighted by Crippen LogP contribution is -2.23. The number of nitrogens with one attached hydrogen (secondary N) is 1. The minimum Gasteiger partial charge on any atom is -0.348 e. The molecule has 2 aromatic heterocycles. The SMILES string of the molecule is O=C(NCc1ccccc1Cl)c1cnn2c(C(F)(F)F)cc(-c3ccccc3)nc12. The molecule has 0 bridgehead atoms. The quantitative estimate of drug-likeness (QED) is 0.495. The van der Waals surface area contributed by atoms with Crippen LogP contribution in [-0.2, 0) is 12.7 Å². The maximum absolute atomic E-state index is 13.6. The zero-order valence-corrected chi connectivity index (χ0v) is 16.1. The van der Waals surface area contributed by atoms with Gasteiger partial charge < -0.3 is 5.32 Å². The Morgan fingerprint density at radius 1 is 1.07 bits per heavy atom. The molecule has 2 aromatic carbocycles. The van der Waals surface area contributed by atoms with E-state index in [9.17, 15) is 18.0 Å². The van der Waals surface area contributed by atoms with Crippen LogP contribution in [0.2, 0.25) is 5.02 Å². The molecule has 9 heteroatoms. The van der Waals surface area contributed by atoms with E-state index in [1.54, 1.807) is 54.6 Å². The van der Waals surface area contributed by atoms with Gasteiger partial charge in [0.25, 0.3) is 5.91 Å². The van der Waals surface area contributed by atoms with Crippen molar-refractivity contribution < 1.29 is 18.0 Å². The van der Waals surface area contributed by atoms with Gasteiger partial charge in [-0.05, 0) is 17.7 Å². The van der Waals surface area contributed by atoms with Crippen molar-refractivity contribution in [2.24, 2.45) is 0 Å². The third-order valence-electron chi connectivity index (χ3n) is 4.47. The smallest absolute Gasteiger partial charge is 0.348 e. The molecule has 5 nitrogen and oxygen atoms in total. The number of carbonyl (C=O) groups excluding carboxylic acids is 1. The van der Waals surface area contributed by atoms with E-state index in [0.717, 1.165) is 12.3 Å². The molecule has 1 amide bonds. The number of rotatable bonds is 4. The highest BCUT2D eigenvalue weighted by atomic mass is 35.5. The van der Waals surface area contributed by atoms with E-state index in [1.165, 1.54) is 0 Å². The fourth-order valence-corrected chi connectivity index (χ4v) is 3.20. The second-order valence-corrected chi connectivity index (χ2v) is 6.87. The molecule has 0 saturated carbocycles. The van der Waals surface area contributed by atoms with Gasteiger partial charge in [-0.1, -0.05) is 60.1 Å². The number of hydrogen-bond acceptors (Lipinski definition) is 3. The number of fused-ring (bicyclic) bond motifs is 1. The normalized spacial score (nSPS) is 11.6. The summed E-state index contributed by atoms with van der Waals surface area (Å²) in [6.45, 7) is 0.111. The summed E-state index contributed by atoms with van der Waals surface area (Å²) in [6.07, 6.45) is -3.60. The summed E-state index contributed by atoms with van der Waals surface area (Å²) in [6, 6.07) is 16.3. The number of alkyl halides is 3. The van der Waals surface area contributed by atoms with Crippen LogP contribution in [0.1, 0.15) is 21.6 Å². The van der Waals surface area contributed by atoms with Crippen LogP contribution in [0.15, 0.2) is 66.9 Å². The molecule has 0 atom stereocenters. The second kappa shape index (κ2) is 7.79. The Morgan fingerprint density at radius 3 is 2.47 bits per heavy atom. The van der Waals surface area contributed by atoms with Crippen molar-refractivity contribution in [3.8, 4) is 11.3 Å². The summed E-state index contributed by atoms with van der Waals surface area (Å²) >= 11 is 6.08. The second-order valence-electron chi connectivity index (χ2n) is 6.46. The minimum absolute atomic E-state index is 0.0645. The molecular weight excluding hydrogens is 417 g/mol. The first-order valence-electron chi connectivity index (χ1n) is 8.87. The number of benzene rings is 2. The third kappa shape index (κ3) is 3.86. The van der Waals surface area contributed by atoms with Gasteiger partial charge in [-0.2, -0.15) is 18.3 Å². The van der Waals surface area contributed by atoms with Crippen LogP contribution in [0, 0.1) is 0 Å². The van der Waals surface area contributed by atoms with Crippen LogP contribution in [0.4, 0.5) is 13.2 Å². The predicted octanol–water partition coefficient (Wildman–Crippen LogP) is 5.00. The van der Waals surface area contributed by atoms with Gasteiger partial charge in [0, 0.05) is 17.1 Å². The van der Waals surface area contributed by atoms with Crippen LogP contribution >= 0.6 is 11.6 Å². The highest BCUT2D eigenvalue weighted by molar-refractivity contribution is 6.31. The number of nitrogens with zero attached hydrogens (tertiary/aromatic N) is 3. The fraction of sp³-hybridized carbons (Fsp3) is 0.0952. The zero-order chi connectivity index (χ0) is 21.3. The number of amides is 1. The summed E-state index contributed by atoms with van der Waals surface area (Å²) in [4.78, 5) is 17.0. The van der Waals surface area contributed by atoms with E-state index in [0.29, 0.717) is 20.7 Å². The van der Waals surface area contributed by atoms with Crippen molar-refractivity contribution in [2.75, 3.05) is 0 Å². The Labute approximate surface area is 174 Å². The molecule has 4 rings (SSSR count). The number of carbonyl (C=O) groups is 1. The van der Waals surface area contributed by atoms with Crippen LogP contribution in [0.3, 0.4) is 0 Å². The lowest BCUT2D eigenvalue weighted by atomic mass is 10.1. The molecule has 30 heavy (non-hydrogen) atoms. The average Bonchev–Trinajstić information content (AvgIpc) is 3.16. The van der Waals surface area contributed by atoms with E-state index in [-0.39, 0.29) is 23.4 Å². The molecule has 0 saturated heterocycles. The Hall–Kier alpha value is -3.39. The Kier molecular flexibility index (Phi) is 5.17. The standard InChI is InChI=1S/C21H14ClF3N4O/c22-16-9-5-4-8-14(16)11-26-20(30)15-12-27-29-18(21(23,24)25)10-17(28-19(15)29)13-6-2-1-3-7-13/h1-10,12H,11H2,(H,26,30). The molecule has 0 spiro atoms. The van der Waals surface area contributed by atoms with E-state index < -0.39 is 17.8 Å². The first-order valence-corrected chi connectivity index (χ1v) is 9.25. The Balaban J connectivity index is 1.75. The molecule has 0 aliphatic heterocycles. The maximum Gasteiger partial charge on any atom is 0.433 e. The lowest BCUT2D eigenvalue weighted by Gasteiger charge is -2.12. The minimum atomic E-state index is -4.68. The lowest BCUT2D eigenvalue weighted by molar-refractivity contribution is -0.142. The van der Waals surface area contributed by atoms with Gasteiger partial charge in [0.2, 0.25) is 0 Å². The average molecular weight is 431 g/mol. The van der Waals surface area contributed by atoms with Crippen molar-refractivity contribution in [1.82, 2.24) is 19.9 Å². The number of hydrogen-bond donors (Lipinski definition) is 1. The summed E-state index contributed by atoms with van der Waals surface area (Å²) in [5, 5.41) is 6.89. The van der Waals surface area contributed by atoms with Crippen LogP contribution in [0.5, 0.6) is 0 Å². The number of aromatic nitrogens is 3. The van der Waals surface area contributed by atoms with Crippen molar-refractivity contribution in [3.63, 3.8) is 0 Å². The van der Waals surface area contributed by atoms with Gasteiger partial charge in [-0.3, -0.25) is 4.79 Å². The molecule has 2 heterocycles. The molecule has 0 aliphatic carbocycles. The van der Waals surface area contributed by atoms with E-state index >= 15 is 0 Å². The van der Waals surface area contributed by atoms with Gasteiger partial charge in [0.1, 0.15) is 5.56 Å². The molecule has 0 radical (unpaired) electrons. The summed E-state index contributed by atoms with van der Waals surface area (Å²) in [7, 11) is 0. The molecule has 0 aliphatic rings.